The summed E-state index contributed by atoms with van der Waals surface area (Å²) < 4.78 is 0. The van der Waals surface area contributed by atoms with Crippen LogP contribution in [0.2, 0.25) is 0 Å². The molecule has 162 valence electrons. The van der Waals surface area contributed by atoms with E-state index in [1.807, 2.05) is 6.07 Å². The summed E-state index contributed by atoms with van der Waals surface area (Å²) in [5.74, 6) is 0.531. The highest BCUT2D eigenvalue weighted by molar-refractivity contribution is 5.79. The Morgan fingerprint density at radius 3 is 2.20 bits per heavy atom. The third kappa shape index (κ3) is 6.68. The van der Waals surface area contributed by atoms with Crippen molar-refractivity contribution in [3.8, 4) is 0 Å². The Bertz CT molecular complexity index is 765. The highest BCUT2D eigenvalue weighted by Crippen LogP contribution is 2.16. The van der Waals surface area contributed by atoms with Crippen molar-refractivity contribution in [2.75, 3.05) is 40.3 Å². The Labute approximate surface area is 182 Å². The van der Waals surface area contributed by atoms with Crippen molar-refractivity contribution in [2.24, 2.45) is 5.92 Å². The summed E-state index contributed by atoms with van der Waals surface area (Å²) in [6.45, 7) is 7.98. The first kappa shape index (κ1) is 22.5. The van der Waals surface area contributed by atoms with Crippen LogP contribution in [0.4, 0.5) is 0 Å². The minimum atomic E-state index is 0.178. The van der Waals surface area contributed by atoms with Crippen molar-refractivity contribution < 1.29 is 14.6 Å². The Morgan fingerprint density at radius 1 is 0.967 bits per heavy atom. The average molecular weight is 410 g/mol. The molecule has 1 amide bonds. The van der Waals surface area contributed by atoms with Crippen LogP contribution in [0, 0.1) is 5.92 Å². The van der Waals surface area contributed by atoms with Crippen molar-refractivity contribution in [3.63, 3.8) is 0 Å². The second kappa shape index (κ2) is 11.3. The standard InChI is InChI=1S/C26H37N3O/c1-4-22-10-12-24(13-11-22)20-28-16-14-25(15-17-28)26(30)29(19-18-27(2)3)21-23-8-6-5-7-9-23/h5-13,25H,4,14-21H2,1-3H3/p+2. The number of carbonyl (C=O) groups is 1. The predicted molar refractivity (Wildman–Crippen MR) is 122 cm³/mol. The molecule has 1 heterocycles. The van der Waals surface area contributed by atoms with E-state index >= 15 is 0 Å². The number of likely N-dealkylation sites (tertiary alicyclic amines) is 1. The first-order chi connectivity index (χ1) is 14.5. The fourth-order valence-electron chi connectivity index (χ4n) is 4.32. The van der Waals surface area contributed by atoms with Crippen molar-refractivity contribution in [3.05, 3.63) is 71.3 Å². The summed E-state index contributed by atoms with van der Waals surface area (Å²) >= 11 is 0. The van der Waals surface area contributed by atoms with Crippen molar-refractivity contribution in [1.82, 2.24) is 4.90 Å². The Hall–Kier alpha value is -2.17. The second-order valence-corrected chi connectivity index (χ2v) is 9.07. The zero-order chi connectivity index (χ0) is 21.3. The van der Waals surface area contributed by atoms with E-state index in [2.05, 4.69) is 74.4 Å². The number of quaternary nitrogens is 2. The van der Waals surface area contributed by atoms with Crippen LogP contribution in [0.3, 0.4) is 0 Å². The van der Waals surface area contributed by atoms with Gasteiger partial charge in [0.05, 0.1) is 40.3 Å². The van der Waals surface area contributed by atoms with Gasteiger partial charge in [0, 0.05) is 30.9 Å². The number of rotatable bonds is 9. The van der Waals surface area contributed by atoms with E-state index in [0.717, 1.165) is 58.5 Å². The SMILES string of the molecule is CCc1ccc(C[NH+]2CCC(C(=O)N(CC[NH+](C)C)Cc3ccccc3)CC2)cc1. The Balaban J connectivity index is 1.55. The van der Waals surface area contributed by atoms with Crippen LogP contribution >= 0.6 is 0 Å². The molecule has 0 aromatic heterocycles. The number of likely N-dealkylation sites (N-methyl/N-ethyl adjacent to an activating group) is 1. The molecule has 0 bridgehead atoms. The van der Waals surface area contributed by atoms with Gasteiger partial charge in [-0.15, -0.1) is 0 Å². The van der Waals surface area contributed by atoms with Gasteiger partial charge in [-0.05, 0) is 17.5 Å². The number of hydrogen-bond donors (Lipinski definition) is 2. The molecule has 4 heteroatoms. The van der Waals surface area contributed by atoms with Crippen LogP contribution in [0.25, 0.3) is 0 Å². The normalized spacial score (nSPS) is 19.1. The summed E-state index contributed by atoms with van der Waals surface area (Å²) in [6.07, 6.45) is 3.10. The van der Waals surface area contributed by atoms with E-state index in [9.17, 15) is 4.79 Å². The Morgan fingerprint density at radius 2 is 1.60 bits per heavy atom. The van der Waals surface area contributed by atoms with Gasteiger partial charge in [-0.25, -0.2) is 0 Å². The number of amides is 1. The third-order valence-corrected chi connectivity index (χ3v) is 6.34. The lowest BCUT2D eigenvalue weighted by Crippen LogP contribution is -3.11. The summed E-state index contributed by atoms with van der Waals surface area (Å²) in [5.41, 5.74) is 4.03. The van der Waals surface area contributed by atoms with Crippen molar-refractivity contribution in [2.45, 2.75) is 39.3 Å². The van der Waals surface area contributed by atoms with E-state index in [-0.39, 0.29) is 5.92 Å². The summed E-state index contributed by atoms with van der Waals surface area (Å²) in [4.78, 5) is 18.4. The molecule has 0 radical (unpaired) electrons. The lowest BCUT2D eigenvalue weighted by atomic mass is 9.94. The van der Waals surface area contributed by atoms with E-state index in [0.29, 0.717) is 5.91 Å². The highest BCUT2D eigenvalue weighted by Gasteiger charge is 2.30. The van der Waals surface area contributed by atoms with Gasteiger partial charge in [-0.3, -0.25) is 4.79 Å². The lowest BCUT2D eigenvalue weighted by Gasteiger charge is -2.32. The zero-order valence-electron chi connectivity index (χ0n) is 19.0. The van der Waals surface area contributed by atoms with Crippen LogP contribution in [-0.4, -0.2) is 51.1 Å². The van der Waals surface area contributed by atoms with Gasteiger partial charge in [-0.2, -0.15) is 0 Å². The minimum absolute atomic E-state index is 0.178. The quantitative estimate of drug-likeness (QED) is 0.641. The maximum Gasteiger partial charge on any atom is 0.226 e. The van der Waals surface area contributed by atoms with Crippen molar-refractivity contribution >= 4 is 5.91 Å². The van der Waals surface area contributed by atoms with Gasteiger partial charge >= 0.3 is 0 Å². The molecular formula is C26H39N3O+2. The van der Waals surface area contributed by atoms with Crippen molar-refractivity contribution in [1.29, 1.82) is 0 Å². The molecule has 0 aliphatic carbocycles. The molecule has 1 fully saturated rings. The second-order valence-electron chi connectivity index (χ2n) is 9.07. The molecule has 3 rings (SSSR count). The number of aryl methyl sites for hydroxylation is 1. The fourth-order valence-corrected chi connectivity index (χ4v) is 4.32. The van der Waals surface area contributed by atoms with E-state index in [1.165, 1.54) is 21.6 Å². The summed E-state index contributed by atoms with van der Waals surface area (Å²) in [7, 11) is 4.31. The fraction of sp³-hybridized carbons (Fsp3) is 0.500. The molecule has 0 spiro atoms. The molecule has 0 atom stereocenters. The molecule has 1 aliphatic rings. The lowest BCUT2D eigenvalue weighted by molar-refractivity contribution is -0.919. The van der Waals surface area contributed by atoms with E-state index in [4.69, 9.17) is 0 Å². The molecule has 2 aromatic carbocycles. The first-order valence-corrected chi connectivity index (χ1v) is 11.6. The van der Waals surface area contributed by atoms with Gasteiger partial charge in [0.25, 0.3) is 0 Å². The maximum absolute atomic E-state index is 13.4. The number of nitrogens with zero attached hydrogens (tertiary/aromatic N) is 1. The highest BCUT2D eigenvalue weighted by atomic mass is 16.2. The number of benzene rings is 2. The first-order valence-electron chi connectivity index (χ1n) is 11.6. The molecule has 4 nitrogen and oxygen atoms in total. The molecular weight excluding hydrogens is 370 g/mol. The van der Waals surface area contributed by atoms with Gasteiger partial charge in [-0.1, -0.05) is 61.5 Å². The smallest absolute Gasteiger partial charge is 0.226 e. The van der Waals surface area contributed by atoms with Crippen LogP contribution in [0.5, 0.6) is 0 Å². The third-order valence-electron chi connectivity index (χ3n) is 6.34. The summed E-state index contributed by atoms with van der Waals surface area (Å²) in [5, 5.41) is 0. The predicted octanol–water partition coefficient (Wildman–Crippen LogP) is 1.22. The van der Waals surface area contributed by atoms with Crippen LogP contribution in [-0.2, 0) is 24.3 Å². The molecule has 1 aliphatic heterocycles. The van der Waals surface area contributed by atoms with Gasteiger partial charge in [0.2, 0.25) is 5.91 Å². The van der Waals surface area contributed by atoms with Gasteiger partial charge in [0.1, 0.15) is 6.54 Å². The molecule has 2 N–H and O–H groups in total. The molecule has 2 aromatic rings. The number of hydrogen-bond acceptors (Lipinski definition) is 1. The monoisotopic (exact) mass is 409 g/mol. The summed E-state index contributed by atoms with van der Waals surface area (Å²) in [6, 6.07) is 19.4. The topological polar surface area (TPSA) is 29.2 Å². The van der Waals surface area contributed by atoms with Crippen LogP contribution < -0.4 is 9.80 Å². The molecule has 0 unspecified atom stereocenters. The zero-order valence-corrected chi connectivity index (χ0v) is 19.0. The van der Waals surface area contributed by atoms with Gasteiger partial charge < -0.3 is 14.7 Å². The minimum Gasteiger partial charge on any atom is -0.338 e. The largest absolute Gasteiger partial charge is 0.338 e. The molecule has 0 saturated carbocycles. The van der Waals surface area contributed by atoms with E-state index < -0.39 is 0 Å². The molecule has 1 saturated heterocycles. The van der Waals surface area contributed by atoms with E-state index in [1.54, 1.807) is 4.90 Å². The number of carbonyl (C=O) groups excluding carboxylic acids is 1. The van der Waals surface area contributed by atoms with Crippen LogP contribution in [0.1, 0.15) is 36.5 Å². The van der Waals surface area contributed by atoms with Gasteiger partial charge in [0.15, 0.2) is 0 Å². The Kier molecular flexibility index (Phi) is 8.47. The maximum atomic E-state index is 13.4. The van der Waals surface area contributed by atoms with Crippen LogP contribution in [0.15, 0.2) is 54.6 Å². The average Bonchev–Trinajstić information content (AvgIpc) is 2.78. The molecule has 30 heavy (non-hydrogen) atoms. The number of piperidine rings is 1. The number of nitrogens with one attached hydrogen (secondary N) is 2.